The van der Waals surface area contributed by atoms with Gasteiger partial charge in [0, 0.05) is 12.5 Å². The zero-order valence-corrected chi connectivity index (χ0v) is 10.1. The molecule has 1 unspecified atom stereocenters. The van der Waals surface area contributed by atoms with Crippen molar-refractivity contribution in [2.24, 2.45) is 5.84 Å². The highest BCUT2D eigenvalue weighted by Gasteiger charge is 2.04. The molecular formula is C14H20N2. The molecule has 0 aliphatic carbocycles. The van der Waals surface area contributed by atoms with Crippen molar-refractivity contribution in [3.8, 4) is 11.8 Å². The quantitative estimate of drug-likeness (QED) is 0.450. The van der Waals surface area contributed by atoms with Gasteiger partial charge in [0.05, 0.1) is 0 Å². The number of nitrogens with one attached hydrogen (secondary N) is 1. The van der Waals surface area contributed by atoms with E-state index in [9.17, 15) is 0 Å². The summed E-state index contributed by atoms with van der Waals surface area (Å²) in [5.74, 6) is 11.4. The smallest absolute Gasteiger partial charge is 0.0323 e. The predicted molar refractivity (Wildman–Crippen MR) is 68.7 cm³/mol. The first-order valence-corrected chi connectivity index (χ1v) is 5.67. The van der Waals surface area contributed by atoms with Crippen molar-refractivity contribution in [3.63, 3.8) is 0 Å². The van der Waals surface area contributed by atoms with E-state index in [0.29, 0.717) is 0 Å². The highest BCUT2D eigenvalue weighted by Crippen LogP contribution is 2.09. The first-order chi connectivity index (χ1) is 7.76. The SMILES string of the molecule is CC#CCC(CCc1cccc(C)c1)NN. The Bertz CT molecular complexity index is 374. The van der Waals surface area contributed by atoms with Crippen molar-refractivity contribution in [3.05, 3.63) is 35.4 Å². The van der Waals surface area contributed by atoms with E-state index < -0.39 is 0 Å². The van der Waals surface area contributed by atoms with Crippen LogP contribution in [0.2, 0.25) is 0 Å². The Morgan fingerprint density at radius 3 is 2.88 bits per heavy atom. The lowest BCUT2D eigenvalue weighted by molar-refractivity contribution is 0.504. The Morgan fingerprint density at radius 2 is 2.25 bits per heavy atom. The number of aryl methyl sites for hydroxylation is 2. The van der Waals surface area contributed by atoms with Crippen LogP contribution in [0.5, 0.6) is 0 Å². The van der Waals surface area contributed by atoms with Gasteiger partial charge in [-0.25, -0.2) is 0 Å². The third-order valence-corrected chi connectivity index (χ3v) is 2.62. The number of hydrazine groups is 1. The summed E-state index contributed by atoms with van der Waals surface area (Å²) in [6.45, 7) is 3.97. The van der Waals surface area contributed by atoms with Crippen molar-refractivity contribution < 1.29 is 0 Å². The van der Waals surface area contributed by atoms with E-state index in [2.05, 4.69) is 48.5 Å². The molecule has 0 amide bonds. The molecule has 0 bridgehead atoms. The average molecular weight is 216 g/mol. The van der Waals surface area contributed by atoms with Gasteiger partial charge in [-0.2, -0.15) is 0 Å². The van der Waals surface area contributed by atoms with Gasteiger partial charge in [0.15, 0.2) is 0 Å². The molecule has 2 nitrogen and oxygen atoms in total. The largest absolute Gasteiger partial charge is 0.271 e. The highest BCUT2D eigenvalue weighted by molar-refractivity contribution is 5.22. The lowest BCUT2D eigenvalue weighted by Gasteiger charge is -2.12. The fraction of sp³-hybridized carbons (Fsp3) is 0.429. The third-order valence-electron chi connectivity index (χ3n) is 2.62. The maximum Gasteiger partial charge on any atom is 0.0323 e. The zero-order valence-electron chi connectivity index (χ0n) is 10.1. The Kier molecular flexibility index (Phi) is 5.63. The van der Waals surface area contributed by atoms with Crippen LogP contribution in [0.1, 0.15) is 30.9 Å². The van der Waals surface area contributed by atoms with Crippen LogP contribution in [0.4, 0.5) is 0 Å². The molecule has 1 aromatic rings. The molecule has 16 heavy (non-hydrogen) atoms. The molecule has 1 aromatic carbocycles. The monoisotopic (exact) mass is 216 g/mol. The zero-order chi connectivity index (χ0) is 11.8. The number of nitrogens with two attached hydrogens (primary N) is 1. The van der Waals surface area contributed by atoms with Gasteiger partial charge in [-0.3, -0.25) is 11.3 Å². The van der Waals surface area contributed by atoms with E-state index in [4.69, 9.17) is 5.84 Å². The molecule has 1 atom stereocenters. The van der Waals surface area contributed by atoms with Crippen molar-refractivity contribution in [2.75, 3.05) is 0 Å². The molecule has 0 aliphatic heterocycles. The van der Waals surface area contributed by atoms with E-state index >= 15 is 0 Å². The van der Waals surface area contributed by atoms with Gasteiger partial charge >= 0.3 is 0 Å². The summed E-state index contributed by atoms with van der Waals surface area (Å²) in [6.07, 6.45) is 2.88. The van der Waals surface area contributed by atoms with E-state index in [1.807, 2.05) is 6.92 Å². The molecule has 86 valence electrons. The summed E-state index contributed by atoms with van der Waals surface area (Å²) in [7, 11) is 0. The normalized spacial score (nSPS) is 11.7. The van der Waals surface area contributed by atoms with Crippen LogP contribution in [-0.2, 0) is 6.42 Å². The van der Waals surface area contributed by atoms with Gasteiger partial charge in [0.2, 0.25) is 0 Å². The van der Waals surface area contributed by atoms with Gasteiger partial charge < -0.3 is 0 Å². The van der Waals surface area contributed by atoms with Gasteiger partial charge in [-0.05, 0) is 32.3 Å². The van der Waals surface area contributed by atoms with E-state index in [1.165, 1.54) is 11.1 Å². The molecule has 1 rings (SSSR count). The molecule has 0 fully saturated rings. The first-order valence-electron chi connectivity index (χ1n) is 5.67. The molecule has 0 radical (unpaired) electrons. The summed E-state index contributed by atoms with van der Waals surface area (Å²) in [6, 6.07) is 8.88. The number of hydrogen-bond donors (Lipinski definition) is 2. The summed E-state index contributed by atoms with van der Waals surface area (Å²) < 4.78 is 0. The van der Waals surface area contributed by atoms with Crippen molar-refractivity contribution in [2.45, 2.75) is 39.2 Å². The lowest BCUT2D eigenvalue weighted by Crippen LogP contribution is -2.35. The van der Waals surface area contributed by atoms with Crippen LogP contribution >= 0.6 is 0 Å². The van der Waals surface area contributed by atoms with Crippen LogP contribution in [0.3, 0.4) is 0 Å². The maximum absolute atomic E-state index is 5.49. The molecule has 0 saturated carbocycles. The van der Waals surface area contributed by atoms with E-state index in [-0.39, 0.29) is 6.04 Å². The molecule has 0 spiro atoms. The van der Waals surface area contributed by atoms with Crippen molar-refractivity contribution in [1.29, 1.82) is 0 Å². The molecule has 0 aliphatic rings. The summed E-state index contributed by atoms with van der Waals surface area (Å²) in [4.78, 5) is 0. The van der Waals surface area contributed by atoms with Crippen LogP contribution < -0.4 is 11.3 Å². The summed E-state index contributed by atoms with van der Waals surface area (Å²) >= 11 is 0. The van der Waals surface area contributed by atoms with E-state index in [0.717, 1.165) is 19.3 Å². The van der Waals surface area contributed by atoms with Crippen LogP contribution in [0.25, 0.3) is 0 Å². The Morgan fingerprint density at radius 1 is 1.44 bits per heavy atom. The lowest BCUT2D eigenvalue weighted by atomic mass is 10.0. The molecular weight excluding hydrogens is 196 g/mol. The maximum atomic E-state index is 5.49. The fourth-order valence-electron chi connectivity index (χ4n) is 1.68. The van der Waals surface area contributed by atoms with E-state index in [1.54, 1.807) is 0 Å². The minimum Gasteiger partial charge on any atom is -0.271 e. The number of hydrogen-bond acceptors (Lipinski definition) is 2. The fourth-order valence-corrected chi connectivity index (χ4v) is 1.68. The van der Waals surface area contributed by atoms with Crippen LogP contribution in [-0.4, -0.2) is 6.04 Å². The Labute approximate surface area is 98.2 Å². The third kappa shape index (κ3) is 4.48. The van der Waals surface area contributed by atoms with Gasteiger partial charge in [0.25, 0.3) is 0 Å². The van der Waals surface area contributed by atoms with Gasteiger partial charge in [-0.15, -0.1) is 11.8 Å². The van der Waals surface area contributed by atoms with Gasteiger partial charge in [-0.1, -0.05) is 29.8 Å². The molecule has 0 saturated heterocycles. The topological polar surface area (TPSA) is 38.0 Å². The molecule has 2 heteroatoms. The minimum absolute atomic E-state index is 0.285. The number of benzene rings is 1. The standard InChI is InChI=1S/C14H20N2/c1-3-4-8-14(16-15)10-9-13-7-5-6-12(2)11-13/h5-7,11,14,16H,8-10,15H2,1-2H3. The highest BCUT2D eigenvalue weighted by atomic mass is 15.2. The van der Waals surface area contributed by atoms with Gasteiger partial charge in [0.1, 0.15) is 0 Å². The molecule has 0 heterocycles. The Hall–Kier alpha value is -1.30. The predicted octanol–water partition coefficient (Wildman–Crippen LogP) is 2.17. The van der Waals surface area contributed by atoms with Crippen LogP contribution in [0.15, 0.2) is 24.3 Å². The summed E-state index contributed by atoms with van der Waals surface area (Å²) in [5.41, 5.74) is 5.49. The first kappa shape index (κ1) is 12.8. The molecule has 0 aromatic heterocycles. The number of rotatable bonds is 5. The Balaban J connectivity index is 2.45. The minimum atomic E-state index is 0.285. The van der Waals surface area contributed by atoms with Crippen molar-refractivity contribution >= 4 is 0 Å². The second-order valence-corrected chi connectivity index (χ2v) is 4.02. The average Bonchev–Trinajstić information content (AvgIpc) is 2.29. The second-order valence-electron chi connectivity index (χ2n) is 4.02. The van der Waals surface area contributed by atoms with Crippen LogP contribution in [0, 0.1) is 18.8 Å². The van der Waals surface area contributed by atoms with Crippen molar-refractivity contribution in [1.82, 2.24) is 5.43 Å². The second kappa shape index (κ2) is 7.05. The summed E-state index contributed by atoms with van der Waals surface area (Å²) in [5, 5.41) is 0. The molecule has 3 N–H and O–H groups in total.